The van der Waals surface area contributed by atoms with Gasteiger partial charge in [0.25, 0.3) is 0 Å². The SMILES string of the molecule is CC1C[N-]CCO1.[K+]. The molecule has 0 amide bonds. The van der Waals surface area contributed by atoms with E-state index in [4.69, 9.17) is 4.74 Å². The van der Waals surface area contributed by atoms with Crippen LogP contribution in [-0.2, 0) is 4.74 Å². The van der Waals surface area contributed by atoms with Crippen LogP contribution in [0, 0.1) is 0 Å². The summed E-state index contributed by atoms with van der Waals surface area (Å²) in [4.78, 5) is 0. The van der Waals surface area contributed by atoms with E-state index in [-0.39, 0.29) is 51.4 Å². The van der Waals surface area contributed by atoms with Gasteiger partial charge in [-0.1, -0.05) is 0 Å². The van der Waals surface area contributed by atoms with Gasteiger partial charge in [0.1, 0.15) is 0 Å². The Morgan fingerprint density at radius 3 is 2.62 bits per heavy atom. The standard InChI is InChI=1S/C5H10NO.K/c1-5-4-6-2-3-7-5;/h5H,2-4H2,1H3;/q-1;+1. The first-order valence-corrected chi connectivity index (χ1v) is 2.64. The van der Waals surface area contributed by atoms with Crippen LogP contribution in [0.2, 0.25) is 0 Å². The predicted octanol–water partition coefficient (Wildman–Crippen LogP) is -2.22. The zero-order chi connectivity index (χ0) is 5.11. The van der Waals surface area contributed by atoms with Crippen molar-refractivity contribution in [2.75, 3.05) is 19.7 Å². The van der Waals surface area contributed by atoms with Crippen LogP contribution in [0.1, 0.15) is 6.92 Å². The zero-order valence-corrected chi connectivity index (χ0v) is 8.68. The quantitative estimate of drug-likeness (QED) is 0.349. The average molecular weight is 139 g/mol. The van der Waals surface area contributed by atoms with E-state index in [0.717, 1.165) is 19.7 Å². The minimum atomic E-state index is 0. The molecule has 0 aliphatic carbocycles. The molecule has 8 heavy (non-hydrogen) atoms. The van der Waals surface area contributed by atoms with Crippen molar-refractivity contribution in [3.8, 4) is 0 Å². The maximum Gasteiger partial charge on any atom is 1.00 e. The summed E-state index contributed by atoms with van der Waals surface area (Å²) in [5.74, 6) is 0. The average Bonchev–Trinajstić information content (AvgIpc) is 1.69. The molecule has 0 radical (unpaired) electrons. The van der Waals surface area contributed by atoms with Crippen LogP contribution in [0.3, 0.4) is 0 Å². The second kappa shape index (κ2) is 5.35. The molecule has 2 nitrogen and oxygen atoms in total. The molecule has 0 aromatic rings. The molecular formula is C5H10KNO. The minimum Gasteiger partial charge on any atom is -0.658 e. The molecule has 0 bridgehead atoms. The molecule has 1 heterocycles. The van der Waals surface area contributed by atoms with E-state index in [2.05, 4.69) is 5.32 Å². The van der Waals surface area contributed by atoms with Crippen molar-refractivity contribution < 1.29 is 56.1 Å². The number of nitrogens with zero attached hydrogens (tertiary/aromatic N) is 1. The Hall–Kier alpha value is 1.56. The third-order valence-corrected chi connectivity index (χ3v) is 1.04. The van der Waals surface area contributed by atoms with E-state index in [1.54, 1.807) is 0 Å². The topological polar surface area (TPSA) is 23.3 Å². The first kappa shape index (κ1) is 9.56. The van der Waals surface area contributed by atoms with Gasteiger partial charge in [0, 0.05) is 12.7 Å². The molecule has 0 saturated carbocycles. The summed E-state index contributed by atoms with van der Waals surface area (Å²) in [5, 5.41) is 4.13. The largest absolute Gasteiger partial charge is 1.00 e. The fraction of sp³-hybridized carbons (Fsp3) is 1.00. The predicted molar refractivity (Wildman–Crippen MR) is 28.5 cm³/mol. The van der Waals surface area contributed by atoms with Crippen LogP contribution in [0.15, 0.2) is 0 Å². The van der Waals surface area contributed by atoms with Gasteiger partial charge in [0.05, 0.1) is 0 Å². The molecule has 1 fully saturated rings. The van der Waals surface area contributed by atoms with Gasteiger partial charge >= 0.3 is 51.4 Å². The van der Waals surface area contributed by atoms with Crippen LogP contribution < -0.4 is 51.4 Å². The van der Waals surface area contributed by atoms with E-state index in [1.807, 2.05) is 6.92 Å². The van der Waals surface area contributed by atoms with Crippen LogP contribution in [-0.4, -0.2) is 25.8 Å². The maximum absolute atomic E-state index is 5.18. The summed E-state index contributed by atoms with van der Waals surface area (Å²) in [6.45, 7) is 4.65. The molecule has 1 aliphatic heterocycles. The first-order chi connectivity index (χ1) is 3.39. The van der Waals surface area contributed by atoms with Crippen molar-refractivity contribution in [1.82, 2.24) is 0 Å². The Bertz CT molecular complexity index is 54.4. The molecule has 1 saturated heterocycles. The second-order valence-electron chi connectivity index (χ2n) is 1.81. The fourth-order valence-electron chi connectivity index (χ4n) is 0.644. The summed E-state index contributed by atoms with van der Waals surface area (Å²) in [5.41, 5.74) is 0. The number of hydrogen-bond donors (Lipinski definition) is 0. The van der Waals surface area contributed by atoms with Crippen molar-refractivity contribution in [2.24, 2.45) is 0 Å². The van der Waals surface area contributed by atoms with Gasteiger partial charge < -0.3 is 10.1 Å². The summed E-state index contributed by atoms with van der Waals surface area (Å²) in [6.07, 6.45) is 0.369. The van der Waals surface area contributed by atoms with Crippen molar-refractivity contribution in [1.29, 1.82) is 0 Å². The summed E-state index contributed by atoms with van der Waals surface area (Å²) in [6, 6.07) is 0. The van der Waals surface area contributed by atoms with Gasteiger partial charge in [-0.3, -0.25) is 0 Å². The minimum absolute atomic E-state index is 0. The van der Waals surface area contributed by atoms with Gasteiger partial charge in [-0.2, -0.15) is 0 Å². The number of hydrogen-bond acceptors (Lipinski definition) is 1. The third kappa shape index (κ3) is 3.56. The van der Waals surface area contributed by atoms with Gasteiger partial charge in [0.15, 0.2) is 0 Å². The monoisotopic (exact) mass is 139 g/mol. The van der Waals surface area contributed by atoms with Gasteiger partial charge in [0.2, 0.25) is 0 Å². The smallest absolute Gasteiger partial charge is 0.658 e. The van der Waals surface area contributed by atoms with Crippen LogP contribution in [0.25, 0.3) is 5.32 Å². The van der Waals surface area contributed by atoms with E-state index < -0.39 is 0 Å². The van der Waals surface area contributed by atoms with Crippen LogP contribution >= 0.6 is 0 Å². The summed E-state index contributed by atoms with van der Waals surface area (Å²) >= 11 is 0. The molecule has 1 rings (SSSR count). The molecule has 0 aromatic heterocycles. The van der Waals surface area contributed by atoms with E-state index in [9.17, 15) is 0 Å². The van der Waals surface area contributed by atoms with Crippen LogP contribution in [0.5, 0.6) is 0 Å². The van der Waals surface area contributed by atoms with E-state index >= 15 is 0 Å². The molecule has 42 valence electrons. The molecule has 3 heteroatoms. The van der Waals surface area contributed by atoms with Gasteiger partial charge in [-0.25, -0.2) is 0 Å². The molecule has 0 spiro atoms. The third-order valence-electron chi connectivity index (χ3n) is 1.04. The van der Waals surface area contributed by atoms with Crippen molar-refractivity contribution >= 4 is 0 Å². The Balaban J connectivity index is 0.000000490. The summed E-state index contributed by atoms with van der Waals surface area (Å²) in [7, 11) is 0. The molecule has 0 aromatic carbocycles. The normalized spacial score (nSPS) is 28.9. The van der Waals surface area contributed by atoms with Gasteiger partial charge in [-0.15, -0.1) is 13.1 Å². The maximum atomic E-state index is 5.18. The number of ether oxygens (including phenoxy) is 1. The molecule has 0 N–H and O–H groups in total. The molecule has 1 unspecified atom stereocenters. The second-order valence-corrected chi connectivity index (χ2v) is 1.81. The Labute approximate surface area is 92.8 Å². The molecule has 1 aliphatic rings. The Morgan fingerprint density at radius 2 is 2.38 bits per heavy atom. The number of morpholine rings is 1. The first-order valence-electron chi connectivity index (χ1n) is 2.64. The van der Waals surface area contributed by atoms with Crippen molar-refractivity contribution in [3.63, 3.8) is 0 Å². The number of rotatable bonds is 0. The Kier molecular flexibility index (Phi) is 6.39. The van der Waals surface area contributed by atoms with Crippen molar-refractivity contribution in [3.05, 3.63) is 5.32 Å². The summed E-state index contributed by atoms with van der Waals surface area (Å²) < 4.78 is 5.18. The molecular weight excluding hydrogens is 129 g/mol. The van der Waals surface area contributed by atoms with Crippen molar-refractivity contribution in [2.45, 2.75) is 13.0 Å². The fourth-order valence-corrected chi connectivity index (χ4v) is 0.644. The van der Waals surface area contributed by atoms with E-state index in [0.29, 0.717) is 6.10 Å². The Morgan fingerprint density at radius 1 is 1.62 bits per heavy atom. The molecule has 1 atom stereocenters. The van der Waals surface area contributed by atoms with Gasteiger partial charge in [-0.05, 0) is 6.92 Å². The van der Waals surface area contributed by atoms with Crippen LogP contribution in [0.4, 0.5) is 0 Å². The zero-order valence-electron chi connectivity index (χ0n) is 5.55. The van der Waals surface area contributed by atoms with E-state index in [1.165, 1.54) is 0 Å².